The SMILES string of the molecule is CN(C(=O)c1ccc(NC2CCS(=O)(=O)C2)nc1)C1CCS(=O)(=O)C1. The van der Waals surface area contributed by atoms with E-state index in [2.05, 4.69) is 10.3 Å². The summed E-state index contributed by atoms with van der Waals surface area (Å²) in [6.07, 6.45) is 2.42. The van der Waals surface area contributed by atoms with Crippen LogP contribution in [0.4, 0.5) is 5.82 Å². The molecule has 1 N–H and O–H groups in total. The number of amides is 1. The Kier molecular flexibility index (Phi) is 4.76. The van der Waals surface area contributed by atoms with Gasteiger partial charge in [0.25, 0.3) is 5.91 Å². The van der Waals surface area contributed by atoms with E-state index in [9.17, 15) is 21.6 Å². The summed E-state index contributed by atoms with van der Waals surface area (Å²) in [7, 11) is -4.42. The van der Waals surface area contributed by atoms with Crippen molar-refractivity contribution in [2.45, 2.75) is 24.9 Å². The van der Waals surface area contributed by atoms with Gasteiger partial charge in [-0.05, 0) is 25.0 Å². The number of aromatic nitrogens is 1. The molecule has 1 amide bonds. The number of pyridine rings is 1. The summed E-state index contributed by atoms with van der Waals surface area (Å²) in [4.78, 5) is 18.1. The second-order valence-electron chi connectivity index (χ2n) is 6.65. The summed E-state index contributed by atoms with van der Waals surface area (Å²) in [5, 5.41) is 3.06. The summed E-state index contributed by atoms with van der Waals surface area (Å²) >= 11 is 0. The summed E-state index contributed by atoms with van der Waals surface area (Å²) in [5.41, 5.74) is 0.372. The van der Waals surface area contributed by atoms with E-state index in [1.165, 1.54) is 11.1 Å². The minimum atomic E-state index is -3.05. The summed E-state index contributed by atoms with van der Waals surface area (Å²) in [5.74, 6) is 0.623. The minimum absolute atomic E-state index is 0.00153. The largest absolute Gasteiger partial charge is 0.366 e. The Labute approximate surface area is 147 Å². The van der Waals surface area contributed by atoms with Crippen LogP contribution in [0.25, 0.3) is 0 Å². The smallest absolute Gasteiger partial charge is 0.255 e. The molecule has 2 aliphatic heterocycles. The fourth-order valence-corrected chi connectivity index (χ4v) is 6.62. The molecule has 1 aromatic heterocycles. The zero-order valence-electron chi connectivity index (χ0n) is 13.9. The quantitative estimate of drug-likeness (QED) is 0.770. The molecule has 25 heavy (non-hydrogen) atoms. The van der Waals surface area contributed by atoms with Crippen LogP contribution in [0, 0.1) is 0 Å². The van der Waals surface area contributed by atoms with Crippen LogP contribution in [0.1, 0.15) is 23.2 Å². The molecule has 3 heterocycles. The Balaban J connectivity index is 1.63. The average Bonchev–Trinajstić information content (AvgIpc) is 3.08. The first kappa shape index (κ1) is 18.1. The molecule has 1 aromatic rings. The second-order valence-corrected chi connectivity index (χ2v) is 11.1. The molecule has 2 saturated heterocycles. The number of nitrogens with one attached hydrogen (secondary N) is 1. The van der Waals surface area contributed by atoms with Gasteiger partial charge in [0.15, 0.2) is 19.7 Å². The van der Waals surface area contributed by atoms with Crippen molar-refractivity contribution in [1.82, 2.24) is 9.88 Å². The molecule has 2 unspecified atom stereocenters. The zero-order valence-corrected chi connectivity index (χ0v) is 15.5. The number of carbonyl (C=O) groups excluding carboxylic acids is 1. The van der Waals surface area contributed by atoms with E-state index in [0.717, 1.165) is 0 Å². The lowest BCUT2D eigenvalue weighted by Gasteiger charge is -2.23. The molecule has 0 aliphatic carbocycles. The van der Waals surface area contributed by atoms with Crippen LogP contribution in [0.2, 0.25) is 0 Å². The van der Waals surface area contributed by atoms with Crippen LogP contribution in [-0.4, -0.2) is 74.8 Å². The van der Waals surface area contributed by atoms with E-state index in [-0.39, 0.29) is 41.0 Å². The van der Waals surface area contributed by atoms with Crippen molar-refractivity contribution < 1.29 is 21.6 Å². The highest BCUT2D eigenvalue weighted by Gasteiger charge is 2.33. The fourth-order valence-electron chi connectivity index (χ4n) is 3.17. The summed E-state index contributed by atoms with van der Waals surface area (Å²) in [6.45, 7) is 0. The first-order valence-corrected chi connectivity index (χ1v) is 11.7. The number of nitrogens with zero attached hydrogens (tertiary/aromatic N) is 2. The Hall–Kier alpha value is -1.68. The van der Waals surface area contributed by atoms with E-state index >= 15 is 0 Å². The van der Waals surface area contributed by atoms with Crippen LogP contribution < -0.4 is 5.32 Å². The molecular weight excluding hydrogens is 366 g/mol. The van der Waals surface area contributed by atoms with Crippen molar-refractivity contribution in [3.63, 3.8) is 0 Å². The third-order valence-electron chi connectivity index (χ3n) is 4.67. The van der Waals surface area contributed by atoms with E-state index < -0.39 is 19.7 Å². The lowest BCUT2D eigenvalue weighted by atomic mass is 10.2. The normalized spacial score (nSPS) is 27.1. The maximum Gasteiger partial charge on any atom is 0.255 e. The first-order chi connectivity index (χ1) is 11.7. The molecule has 0 aromatic carbocycles. The maximum atomic E-state index is 12.5. The zero-order chi connectivity index (χ0) is 18.2. The van der Waals surface area contributed by atoms with E-state index in [1.807, 2.05) is 0 Å². The van der Waals surface area contributed by atoms with Gasteiger partial charge in [0.05, 0.1) is 28.6 Å². The molecule has 2 atom stereocenters. The Morgan fingerprint density at radius 1 is 1.12 bits per heavy atom. The van der Waals surface area contributed by atoms with Crippen LogP contribution in [0.3, 0.4) is 0 Å². The molecule has 0 spiro atoms. The molecule has 0 bridgehead atoms. The van der Waals surface area contributed by atoms with Crippen molar-refractivity contribution in [2.24, 2.45) is 0 Å². The van der Waals surface area contributed by atoms with Gasteiger partial charge >= 0.3 is 0 Å². The Bertz CT molecular complexity index is 865. The first-order valence-electron chi connectivity index (χ1n) is 8.06. The number of hydrogen-bond donors (Lipinski definition) is 1. The molecular formula is C15H21N3O5S2. The highest BCUT2D eigenvalue weighted by Crippen LogP contribution is 2.20. The third-order valence-corrected chi connectivity index (χ3v) is 8.19. The molecule has 0 saturated carbocycles. The van der Waals surface area contributed by atoms with Gasteiger partial charge in [-0.15, -0.1) is 0 Å². The number of hydrogen-bond acceptors (Lipinski definition) is 7. The van der Waals surface area contributed by atoms with Gasteiger partial charge in [0.1, 0.15) is 5.82 Å². The van der Waals surface area contributed by atoms with Gasteiger partial charge in [-0.2, -0.15) is 0 Å². The molecule has 8 nitrogen and oxygen atoms in total. The van der Waals surface area contributed by atoms with Gasteiger partial charge < -0.3 is 10.2 Å². The topological polar surface area (TPSA) is 114 Å². The van der Waals surface area contributed by atoms with Gasteiger partial charge in [-0.25, -0.2) is 21.8 Å². The molecule has 3 rings (SSSR count). The van der Waals surface area contributed by atoms with Gasteiger partial charge in [0, 0.05) is 25.3 Å². The molecule has 2 aliphatic rings. The van der Waals surface area contributed by atoms with Crippen molar-refractivity contribution in [1.29, 1.82) is 0 Å². The number of rotatable bonds is 4. The molecule has 10 heteroatoms. The molecule has 0 radical (unpaired) electrons. The monoisotopic (exact) mass is 387 g/mol. The maximum absolute atomic E-state index is 12.5. The van der Waals surface area contributed by atoms with Gasteiger partial charge in [0.2, 0.25) is 0 Å². The Morgan fingerprint density at radius 3 is 2.32 bits per heavy atom. The second kappa shape index (κ2) is 6.56. The Morgan fingerprint density at radius 2 is 1.80 bits per heavy atom. The van der Waals surface area contributed by atoms with Crippen LogP contribution in [0.5, 0.6) is 0 Å². The fraction of sp³-hybridized carbons (Fsp3) is 0.600. The van der Waals surface area contributed by atoms with E-state index in [4.69, 9.17) is 0 Å². The van der Waals surface area contributed by atoms with E-state index in [1.54, 1.807) is 19.2 Å². The number of carbonyl (C=O) groups is 1. The van der Waals surface area contributed by atoms with Gasteiger partial charge in [-0.3, -0.25) is 4.79 Å². The third kappa shape index (κ3) is 4.30. The van der Waals surface area contributed by atoms with Crippen LogP contribution in [0.15, 0.2) is 18.3 Å². The number of sulfone groups is 2. The van der Waals surface area contributed by atoms with E-state index in [0.29, 0.717) is 24.2 Å². The highest BCUT2D eigenvalue weighted by molar-refractivity contribution is 7.91. The minimum Gasteiger partial charge on any atom is -0.366 e. The highest BCUT2D eigenvalue weighted by atomic mass is 32.2. The summed E-state index contributed by atoms with van der Waals surface area (Å²) < 4.78 is 46.1. The lowest BCUT2D eigenvalue weighted by molar-refractivity contribution is 0.0747. The van der Waals surface area contributed by atoms with Gasteiger partial charge in [-0.1, -0.05) is 0 Å². The molecule has 138 valence electrons. The van der Waals surface area contributed by atoms with Crippen molar-refractivity contribution >= 4 is 31.4 Å². The average molecular weight is 387 g/mol. The lowest BCUT2D eigenvalue weighted by Crippen LogP contribution is -2.37. The predicted molar refractivity (Wildman–Crippen MR) is 94.1 cm³/mol. The van der Waals surface area contributed by atoms with Crippen LogP contribution in [-0.2, 0) is 19.7 Å². The summed E-state index contributed by atoms with van der Waals surface area (Å²) in [6, 6.07) is 2.78. The predicted octanol–water partition coefficient (Wildman–Crippen LogP) is -0.0603. The van der Waals surface area contributed by atoms with Crippen molar-refractivity contribution in [2.75, 3.05) is 35.4 Å². The van der Waals surface area contributed by atoms with Crippen molar-refractivity contribution in [3.05, 3.63) is 23.9 Å². The number of anilines is 1. The van der Waals surface area contributed by atoms with Crippen LogP contribution >= 0.6 is 0 Å². The van der Waals surface area contributed by atoms with Crippen molar-refractivity contribution in [3.8, 4) is 0 Å². The standard InChI is InChI=1S/C15H21N3O5S2/c1-18(13-5-7-25(22,23)10-13)15(19)11-2-3-14(16-8-11)17-12-4-6-24(20,21)9-12/h2-3,8,12-13H,4-7,9-10H2,1H3,(H,16,17). The molecule has 2 fully saturated rings.